The van der Waals surface area contributed by atoms with Crippen LogP contribution in [-0.4, -0.2) is 76.5 Å². The van der Waals surface area contributed by atoms with Crippen molar-refractivity contribution in [2.45, 2.75) is 44.8 Å². The van der Waals surface area contributed by atoms with Gasteiger partial charge in [-0.15, -0.1) is 0 Å². The number of primary amides is 1. The molecule has 2 fully saturated rings. The zero-order valence-electron chi connectivity index (χ0n) is 27.3. The summed E-state index contributed by atoms with van der Waals surface area (Å²) in [4.78, 5) is 44.1. The Morgan fingerprint density at radius 2 is 1.45 bits per heavy atom. The molecule has 0 spiro atoms. The molecule has 4 heterocycles. The number of hydrogen-bond donors (Lipinski definition) is 3. The van der Waals surface area contributed by atoms with Crippen LogP contribution in [0.5, 0.6) is 11.8 Å². The van der Waals surface area contributed by atoms with Crippen molar-refractivity contribution in [2.24, 2.45) is 11.7 Å². The first kappa shape index (κ1) is 34.5. The molecule has 0 bridgehead atoms. The highest BCUT2D eigenvalue weighted by atomic mass is 35.5. The summed E-state index contributed by atoms with van der Waals surface area (Å²) in [6, 6.07) is 11.5. The number of nitrogens with one attached hydrogen (secondary N) is 2. The van der Waals surface area contributed by atoms with E-state index in [4.69, 9.17) is 53.4 Å². The summed E-state index contributed by atoms with van der Waals surface area (Å²) < 4.78 is 11.2. The molecule has 2 amide bonds. The van der Waals surface area contributed by atoms with E-state index in [2.05, 4.69) is 20.5 Å². The quantitative estimate of drug-likeness (QED) is 0.190. The van der Waals surface area contributed by atoms with Gasteiger partial charge < -0.3 is 25.8 Å². The van der Waals surface area contributed by atoms with Gasteiger partial charge in [0.15, 0.2) is 0 Å². The SMILES string of the molecule is COc1nc(-c2cccc(-c3cccc(-c4cnc(CN5CCC(C(N)=O)CC5)c(OC)n4)c3Cl)c2Cl)cnc1CNCC1CCC(=O)N1. The second kappa shape index (κ2) is 15.5. The molecule has 0 saturated carbocycles. The highest BCUT2D eigenvalue weighted by Crippen LogP contribution is 2.42. The van der Waals surface area contributed by atoms with Crippen LogP contribution in [0.25, 0.3) is 33.6 Å². The summed E-state index contributed by atoms with van der Waals surface area (Å²) in [5.74, 6) is 0.545. The highest BCUT2D eigenvalue weighted by Gasteiger charge is 2.25. The van der Waals surface area contributed by atoms with E-state index in [9.17, 15) is 9.59 Å². The predicted octanol–water partition coefficient (Wildman–Crippen LogP) is 4.66. The standard InChI is InChI=1S/C35H38Cl2N8O4/c1-48-34-28(16-39-15-21-9-10-30(46)42-21)40-17-26(43-34)24-7-3-5-22(31(24)36)23-6-4-8-25(32(23)37)27-18-41-29(35(44-27)49-2)19-45-13-11-20(12-14-45)33(38)47/h3-8,17-18,20-21,39H,9-16,19H2,1-2H3,(H2,38,47)(H,42,46). The molecule has 1 unspecified atom stereocenters. The number of methoxy groups -OCH3 is 2. The number of likely N-dealkylation sites (tertiary alicyclic amines) is 1. The minimum Gasteiger partial charge on any atom is -0.480 e. The van der Waals surface area contributed by atoms with Crippen LogP contribution in [0.4, 0.5) is 0 Å². The van der Waals surface area contributed by atoms with Gasteiger partial charge in [-0.25, -0.2) is 9.97 Å². The molecular formula is C35H38Cl2N8O4. The molecule has 256 valence electrons. The zero-order chi connectivity index (χ0) is 34.5. The van der Waals surface area contributed by atoms with E-state index in [1.165, 1.54) is 0 Å². The maximum Gasteiger partial charge on any atom is 0.237 e. The van der Waals surface area contributed by atoms with Crippen molar-refractivity contribution >= 4 is 35.0 Å². The Hall–Kier alpha value is -4.36. The molecule has 2 aliphatic rings. The number of carbonyl (C=O) groups is 2. The van der Waals surface area contributed by atoms with Gasteiger partial charge >= 0.3 is 0 Å². The van der Waals surface area contributed by atoms with Gasteiger partial charge in [0.05, 0.1) is 48.0 Å². The lowest BCUT2D eigenvalue weighted by Gasteiger charge is -2.30. The van der Waals surface area contributed by atoms with Gasteiger partial charge in [0.25, 0.3) is 0 Å². The van der Waals surface area contributed by atoms with Crippen molar-refractivity contribution in [3.8, 4) is 45.4 Å². The summed E-state index contributed by atoms with van der Waals surface area (Å²) >= 11 is 14.1. The topological polar surface area (TPSA) is 157 Å². The average Bonchev–Trinajstić information content (AvgIpc) is 3.53. The second-order valence-corrected chi connectivity index (χ2v) is 12.9. The van der Waals surface area contributed by atoms with E-state index in [0.717, 1.165) is 32.4 Å². The molecule has 6 rings (SSSR count). The van der Waals surface area contributed by atoms with E-state index in [0.29, 0.717) is 92.9 Å². The van der Waals surface area contributed by atoms with Crippen molar-refractivity contribution in [3.63, 3.8) is 0 Å². The number of nitrogens with zero attached hydrogens (tertiary/aromatic N) is 5. The van der Waals surface area contributed by atoms with Crippen LogP contribution in [0, 0.1) is 5.92 Å². The fourth-order valence-corrected chi connectivity index (χ4v) is 6.92. The van der Waals surface area contributed by atoms with Crippen LogP contribution in [0.1, 0.15) is 37.1 Å². The third-order valence-electron chi connectivity index (χ3n) is 8.98. The van der Waals surface area contributed by atoms with Crippen molar-refractivity contribution in [2.75, 3.05) is 33.9 Å². The van der Waals surface area contributed by atoms with E-state index in [1.54, 1.807) is 26.6 Å². The van der Waals surface area contributed by atoms with Crippen molar-refractivity contribution in [3.05, 3.63) is 70.2 Å². The first-order valence-electron chi connectivity index (χ1n) is 16.1. The molecule has 0 aliphatic carbocycles. The molecule has 2 aliphatic heterocycles. The molecule has 12 nitrogen and oxygen atoms in total. The van der Waals surface area contributed by atoms with Crippen LogP contribution >= 0.6 is 23.2 Å². The smallest absolute Gasteiger partial charge is 0.237 e. The number of nitrogens with two attached hydrogens (primary N) is 1. The molecular weight excluding hydrogens is 667 g/mol. The molecule has 2 aromatic carbocycles. The number of ether oxygens (including phenoxy) is 2. The molecule has 2 saturated heterocycles. The summed E-state index contributed by atoms with van der Waals surface area (Å²) in [7, 11) is 3.12. The van der Waals surface area contributed by atoms with E-state index >= 15 is 0 Å². The lowest BCUT2D eigenvalue weighted by atomic mass is 9.96. The second-order valence-electron chi connectivity index (χ2n) is 12.1. The Morgan fingerprint density at radius 3 is 1.98 bits per heavy atom. The maximum atomic E-state index is 11.6. The average molecular weight is 706 g/mol. The maximum absolute atomic E-state index is 11.6. The van der Waals surface area contributed by atoms with Crippen molar-refractivity contribution < 1.29 is 19.1 Å². The van der Waals surface area contributed by atoms with Crippen LogP contribution in [0.2, 0.25) is 10.0 Å². The Labute approximate surface area is 294 Å². The van der Waals surface area contributed by atoms with Crippen molar-refractivity contribution in [1.82, 2.24) is 35.5 Å². The van der Waals surface area contributed by atoms with Crippen LogP contribution in [-0.2, 0) is 22.7 Å². The Bertz CT molecular complexity index is 1850. The first-order valence-corrected chi connectivity index (χ1v) is 16.9. The monoisotopic (exact) mass is 704 g/mol. The molecule has 49 heavy (non-hydrogen) atoms. The lowest BCUT2D eigenvalue weighted by Crippen LogP contribution is -2.38. The van der Waals surface area contributed by atoms with Gasteiger partial charge in [0.2, 0.25) is 23.6 Å². The normalized spacial score (nSPS) is 16.8. The number of carbonyl (C=O) groups excluding carboxylic acids is 2. The minimum atomic E-state index is -0.242. The van der Waals surface area contributed by atoms with Crippen molar-refractivity contribution in [1.29, 1.82) is 0 Å². The fourth-order valence-electron chi connectivity index (χ4n) is 6.27. The van der Waals surface area contributed by atoms with Gasteiger partial charge in [0, 0.05) is 60.3 Å². The van der Waals surface area contributed by atoms with Gasteiger partial charge in [-0.2, -0.15) is 0 Å². The summed E-state index contributed by atoms with van der Waals surface area (Å²) in [5.41, 5.74) is 10.7. The van der Waals surface area contributed by atoms with E-state index in [1.807, 2.05) is 36.4 Å². The summed E-state index contributed by atoms with van der Waals surface area (Å²) in [6.07, 6.45) is 6.17. The Kier molecular flexibility index (Phi) is 10.9. The number of aromatic nitrogens is 4. The third kappa shape index (κ3) is 7.78. The number of piperidine rings is 1. The third-order valence-corrected chi connectivity index (χ3v) is 9.80. The minimum absolute atomic E-state index is 0.0794. The molecule has 2 aromatic heterocycles. The van der Waals surface area contributed by atoms with E-state index < -0.39 is 0 Å². The van der Waals surface area contributed by atoms with Gasteiger partial charge in [0.1, 0.15) is 11.4 Å². The van der Waals surface area contributed by atoms with Crippen LogP contribution in [0.15, 0.2) is 48.8 Å². The molecule has 1 atom stereocenters. The summed E-state index contributed by atoms with van der Waals surface area (Å²) in [5, 5.41) is 7.19. The highest BCUT2D eigenvalue weighted by molar-refractivity contribution is 6.39. The van der Waals surface area contributed by atoms with Crippen LogP contribution in [0.3, 0.4) is 0 Å². The molecule has 14 heteroatoms. The molecule has 4 N–H and O–H groups in total. The number of benzene rings is 2. The van der Waals surface area contributed by atoms with Gasteiger partial charge in [-0.3, -0.25) is 24.5 Å². The number of rotatable bonds is 12. The largest absolute Gasteiger partial charge is 0.480 e. The number of amides is 2. The van der Waals surface area contributed by atoms with Gasteiger partial charge in [-0.05, 0) is 32.4 Å². The lowest BCUT2D eigenvalue weighted by molar-refractivity contribution is -0.123. The first-order chi connectivity index (χ1) is 23.7. The van der Waals surface area contributed by atoms with E-state index in [-0.39, 0.29) is 23.8 Å². The Morgan fingerprint density at radius 1 is 0.898 bits per heavy atom. The fraction of sp³-hybridized carbons (Fsp3) is 0.371. The predicted molar refractivity (Wildman–Crippen MR) is 187 cm³/mol. The zero-order valence-corrected chi connectivity index (χ0v) is 28.9. The number of hydrogen-bond acceptors (Lipinski definition) is 10. The molecule has 4 aromatic rings. The van der Waals surface area contributed by atoms with Crippen LogP contribution < -0.4 is 25.8 Å². The number of halogens is 2. The summed E-state index contributed by atoms with van der Waals surface area (Å²) in [6.45, 7) is 3.10. The van der Waals surface area contributed by atoms with Gasteiger partial charge in [-0.1, -0.05) is 59.6 Å². The Balaban J connectivity index is 1.21. The molecule has 0 radical (unpaired) electrons.